The van der Waals surface area contributed by atoms with Crippen LogP contribution in [0.4, 0.5) is 0 Å². The van der Waals surface area contributed by atoms with E-state index in [1.165, 1.54) is 6.92 Å². The first-order valence-electron chi connectivity index (χ1n) is 11.4. The molecule has 6 nitrogen and oxygen atoms in total. The zero-order valence-electron chi connectivity index (χ0n) is 18.0. The number of aliphatic hydroxyl groups excluding tert-OH is 3. The van der Waals surface area contributed by atoms with Gasteiger partial charge in [-0.05, 0) is 80.5 Å². The van der Waals surface area contributed by atoms with Gasteiger partial charge in [0.1, 0.15) is 12.7 Å². The smallest absolute Gasteiger partial charge is 0.302 e. The number of aliphatic hydroxyl groups is 4. The van der Waals surface area contributed by atoms with Crippen molar-refractivity contribution in [1.29, 1.82) is 0 Å². The van der Waals surface area contributed by atoms with Gasteiger partial charge in [-0.3, -0.25) is 4.79 Å². The van der Waals surface area contributed by atoms with Crippen molar-refractivity contribution in [2.75, 3.05) is 6.61 Å². The normalized spacial score (nSPS) is 52.8. The highest BCUT2D eigenvalue weighted by atomic mass is 16.5. The Morgan fingerprint density at radius 3 is 2.55 bits per heavy atom. The highest BCUT2D eigenvalue weighted by molar-refractivity contribution is 5.65. The fourth-order valence-corrected chi connectivity index (χ4v) is 8.28. The Morgan fingerprint density at radius 1 is 1.14 bits per heavy atom. The van der Waals surface area contributed by atoms with Crippen LogP contribution in [0.2, 0.25) is 0 Å². The van der Waals surface area contributed by atoms with Crippen molar-refractivity contribution in [2.45, 2.75) is 96.1 Å². The second-order valence-electron chi connectivity index (χ2n) is 11.0. The Kier molecular flexibility index (Phi) is 5.33. The van der Waals surface area contributed by atoms with Crippen LogP contribution in [0.15, 0.2) is 0 Å². The Labute approximate surface area is 173 Å². The van der Waals surface area contributed by atoms with Gasteiger partial charge in [0, 0.05) is 12.3 Å². The van der Waals surface area contributed by atoms with Crippen LogP contribution < -0.4 is 0 Å². The first kappa shape index (κ1) is 21.5. The van der Waals surface area contributed by atoms with Crippen LogP contribution in [-0.4, -0.2) is 56.9 Å². The molecule has 0 bridgehead atoms. The molecule has 0 aromatic carbocycles. The highest BCUT2D eigenvalue weighted by Crippen LogP contribution is 2.68. The fourth-order valence-electron chi connectivity index (χ4n) is 8.28. The van der Waals surface area contributed by atoms with Crippen LogP contribution in [0.1, 0.15) is 72.1 Å². The number of carbonyl (C=O) groups is 1. The minimum atomic E-state index is -1.36. The van der Waals surface area contributed by atoms with E-state index < -0.39 is 29.2 Å². The minimum Gasteiger partial charge on any atom is -0.463 e. The summed E-state index contributed by atoms with van der Waals surface area (Å²) in [6, 6.07) is 0. The summed E-state index contributed by atoms with van der Waals surface area (Å²) in [6.45, 7) is 5.41. The molecule has 4 aliphatic rings. The van der Waals surface area contributed by atoms with Crippen LogP contribution >= 0.6 is 0 Å². The zero-order valence-corrected chi connectivity index (χ0v) is 18.0. The first-order chi connectivity index (χ1) is 13.5. The maximum Gasteiger partial charge on any atom is 0.302 e. The van der Waals surface area contributed by atoms with E-state index >= 15 is 0 Å². The number of esters is 1. The van der Waals surface area contributed by atoms with E-state index in [-0.39, 0.29) is 30.0 Å². The lowest BCUT2D eigenvalue weighted by molar-refractivity contribution is -0.225. The van der Waals surface area contributed by atoms with Crippen molar-refractivity contribution < 1.29 is 30.0 Å². The van der Waals surface area contributed by atoms with Gasteiger partial charge in [0.25, 0.3) is 0 Å². The summed E-state index contributed by atoms with van der Waals surface area (Å²) < 4.78 is 5.00. The van der Waals surface area contributed by atoms with E-state index in [9.17, 15) is 25.2 Å². The Bertz CT molecular complexity index is 653. The number of ether oxygens (including phenoxy) is 1. The quantitative estimate of drug-likeness (QED) is 0.530. The molecule has 4 fully saturated rings. The summed E-state index contributed by atoms with van der Waals surface area (Å²) in [5.41, 5.74) is -1.94. The maximum atomic E-state index is 11.6. The number of rotatable bonds is 3. The van der Waals surface area contributed by atoms with E-state index in [2.05, 4.69) is 6.92 Å². The SMILES string of the molecule is CC(=O)OC[C@@H](O)[C@@]1(O)CC[C@H]2[C@@H]3CC[C@H]4C[C@@H](O)CC[C@]4(C)[C@H]3[C@H](O)C[C@@]21C. The van der Waals surface area contributed by atoms with Crippen molar-refractivity contribution in [2.24, 2.45) is 34.5 Å². The van der Waals surface area contributed by atoms with E-state index in [0.29, 0.717) is 24.7 Å². The number of hydrogen-bond acceptors (Lipinski definition) is 6. The minimum absolute atomic E-state index is 0.0277. The topological polar surface area (TPSA) is 107 Å². The Balaban J connectivity index is 1.61. The predicted molar refractivity (Wildman–Crippen MR) is 107 cm³/mol. The third-order valence-electron chi connectivity index (χ3n) is 9.78. The average molecular weight is 411 g/mol. The van der Waals surface area contributed by atoms with Crippen molar-refractivity contribution in [3.63, 3.8) is 0 Å². The van der Waals surface area contributed by atoms with E-state index in [4.69, 9.17) is 4.74 Å². The molecule has 4 rings (SSSR count). The molecule has 0 heterocycles. The van der Waals surface area contributed by atoms with E-state index in [1.54, 1.807) is 0 Å². The van der Waals surface area contributed by atoms with Crippen LogP contribution in [-0.2, 0) is 9.53 Å². The van der Waals surface area contributed by atoms with Gasteiger partial charge in [-0.25, -0.2) is 0 Å². The summed E-state index contributed by atoms with van der Waals surface area (Å²) >= 11 is 0. The second kappa shape index (κ2) is 7.18. The fraction of sp³-hybridized carbons (Fsp3) is 0.957. The third kappa shape index (κ3) is 3.08. The van der Waals surface area contributed by atoms with Crippen LogP contribution in [0, 0.1) is 34.5 Å². The van der Waals surface area contributed by atoms with Crippen molar-refractivity contribution in [3.8, 4) is 0 Å². The molecule has 0 aromatic rings. The largest absolute Gasteiger partial charge is 0.463 e. The number of carbonyl (C=O) groups excluding carboxylic acids is 1. The zero-order chi connectivity index (χ0) is 21.2. The summed E-state index contributed by atoms with van der Waals surface area (Å²) in [4.78, 5) is 11.2. The molecule has 0 aliphatic heterocycles. The molecule has 166 valence electrons. The van der Waals surface area contributed by atoms with Crippen molar-refractivity contribution in [1.82, 2.24) is 0 Å². The summed E-state index contributed by atoms with van der Waals surface area (Å²) in [5, 5.41) is 43.9. The molecule has 4 N–H and O–H groups in total. The maximum absolute atomic E-state index is 11.6. The standard InChI is InChI=1S/C23H38O6/c1-13(24)29-12-19(27)23(28)9-7-17-16-5-4-14-10-15(25)6-8-21(14,2)20(16)18(26)11-22(17,23)3/h14-20,25-28H,4-12H2,1-3H3/t14-,15-,16-,17-,18+,19+,20+,21-,22-,23-/m0/s1. The van der Waals surface area contributed by atoms with Gasteiger partial charge < -0.3 is 25.2 Å². The first-order valence-corrected chi connectivity index (χ1v) is 11.4. The van der Waals surface area contributed by atoms with E-state index in [0.717, 1.165) is 38.5 Å². The second-order valence-corrected chi connectivity index (χ2v) is 11.0. The Morgan fingerprint density at radius 2 is 1.86 bits per heavy atom. The molecule has 4 aliphatic carbocycles. The van der Waals surface area contributed by atoms with Crippen LogP contribution in [0.5, 0.6) is 0 Å². The predicted octanol–water partition coefficient (Wildman–Crippen LogP) is 2.02. The van der Waals surface area contributed by atoms with E-state index in [1.807, 2.05) is 6.92 Å². The molecule has 0 spiro atoms. The van der Waals surface area contributed by atoms with Crippen LogP contribution in [0.3, 0.4) is 0 Å². The van der Waals surface area contributed by atoms with Gasteiger partial charge in [-0.2, -0.15) is 0 Å². The van der Waals surface area contributed by atoms with Gasteiger partial charge in [-0.15, -0.1) is 0 Å². The molecule has 4 saturated carbocycles. The molecule has 0 aromatic heterocycles. The molecule has 29 heavy (non-hydrogen) atoms. The summed E-state index contributed by atoms with van der Waals surface area (Å²) in [5.74, 6) is 0.704. The lowest BCUT2D eigenvalue weighted by Gasteiger charge is -2.63. The van der Waals surface area contributed by atoms with Gasteiger partial charge in [-0.1, -0.05) is 13.8 Å². The monoisotopic (exact) mass is 410 g/mol. The Hall–Kier alpha value is -0.690. The lowest BCUT2D eigenvalue weighted by Crippen LogP contribution is -2.64. The van der Waals surface area contributed by atoms with Gasteiger partial charge in [0.2, 0.25) is 0 Å². The van der Waals surface area contributed by atoms with Crippen molar-refractivity contribution >= 4 is 5.97 Å². The molecule has 0 radical (unpaired) electrons. The van der Waals surface area contributed by atoms with Crippen LogP contribution in [0.25, 0.3) is 0 Å². The molecular formula is C23H38O6. The van der Waals surface area contributed by atoms with Gasteiger partial charge >= 0.3 is 5.97 Å². The molecule has 0 saturated heterocycles. The molecule has 10 atom stereocenters. The van der Waals surface area contributed by atoms with Crippen molar-refractivity contribution in [3.05, 3.63) is 0 Å². The van der Waals surface area contributed by atoms with Gasteiger partial charge in [0.15, 0.2) is 0 Å². The molecule has 0 unspecified atom stereocenters. The third-order valence-corrected chi connectivity index (χ3v) is 9.78. The molecule has 6 heteroatoms. The summed E-state index contributed by atoms with van der Waals surface area (Å²) in [6.07, 6.45) is 4.48. The average Bonchev–Trinajstić information content (AvgIpc) is 2.91. The number of fused-ring (bicyclic) bond motifs is 5. The molecular weight excluding hydrogens is 372 g/mol. The highest BCUT2D eigenvalue weighted by Gasteiger charge is 2.68. The summed E-state index contributed by atoms with van der Waals surface area (Å²) in [7, 11) is 0. The van der Waals surface area contributed by atoms with Gasteiger partial charge in [0.05, 0.1) is 17.8 Å². The molecule has 0 amide bonds. The number of hydrogen-bond donors (Lipinski definition) is 4. The lowest BCUT2D eigenvalue weighted by atomic mass is 9.43.